The van der Waals surface area contributed by atoms with Gasteiger partial charge in [-0.3, -0.25) is 0 Å². The molecule has 4 aromatic rings. The molecule has 0 aliphatic carbocycles. The highest BCUT2D eigenvalue weighted by Gasteiger charge is 2.24. The molecule has 4 rings (SSSR count). The molecule has 0 aliphatic heterocycles. The van der Waals surface area contributed by atoms with Gasteiger partial charge >= 0.3 is 6.09 Å². The lowest BCUT2D eigenvalue weighted by molar-refractivity contribution is 0.0518. The van der Waals surface area contributed by atoms with Gasteiger partial charge in [-0.25, -0.2) is 4.79 Å². The van der Waals surface area contributed by atoms with Crippen LogP contribution < -0.4 is 10.6 Å². The summed E-state index contributed by atoms with van der Waals surface area (Å²) in [5, 5.41) is 7.57. The first-order valence-electron chi connectivity index (χ1n) is 12.2. The molecule has 1 atom stereocenters. The van der Waals surface area contributed by atoms with E-state index in [0.717, 1.165) is 16.5 Å². The van der Waals surface area contributed by atoms with Crippen LogP contribution in [0.3, 0.4) is 0 Å². The first-order valence-corrected chi connectivity index (χ1v) is 12.6. The van der Waals surface area contributed by atoms with Gasteiger partial charge in [0.25, 0.3) is 0 Å². The highest BCUT2D eigenvalue weighted by Crippen LogP contribution is 2.24. The van der Waals surface area contributed by atoms with E-state index in [1.807, 2.05) is 81.6 Å². The largest absolute Gasteiger partial charge is 0.444 e. The molecule has 0 fully saturated rings. The second kappa shape index (κ2) is 11.4. The minimum absolute atomic E-state index is 0.112. The molecule has 0 radical (unpaired) electrons. The fourth-order valence-corrected chi connectivity index (χ4v) is 4.53. The van der Waals surface area contributed by atoms with E-state index in [1.54, 1.807) is 0 Å². The second-order valence-corrected chi connectivity index (χ2v) is 10.3. The lowest BCUT2D eigenvalue weighted by Gasteiger charge is -2.26. The van der Waals surface area contributed by atoms with Gasteiger partial charge in [0, 0.05) is 36.0 Å². The van der Waals surface area contributed by atoms with Crippen molar-refractivity contribution in [3.05, 3.63) is 108 Å². The minimum Gasteiger partial charge on any atom is -0.444 e. The summed E-state index contributed by atoms with van der Waals surface area (Å²) in [5.41, 5.74) is 3.93. The predicted molar refractivity (Wildman–Crippen MR) is 150 cm³/mol. The van der Waals surface area contributed by atoms with Crippen molar-refractivity contribution in [1.82, 2.24) is 15.6 Å². The van der Waals surface area contributed by atoms with Crippen LogP contribution in [0.2, 0.25) is 0 Å². The third-order valence-electron chi connectivity index (χ3n) is 5.99. The van der Waals surface area contributed by atoms with Crippen LogP contribution in [0.5, 0.6) is 0 Å². The van der Waals surface area contributed by atoms with Crippen LogP contribution in [0.15, 0.2) is 91.1 Å². The summed E-state index contributed by atoms with van der Waals surface area (Å²) in [5.74, 6) is 0.112. The molecule has 186 valence electrons. The Balaban J connectivity index is 1.54. The monoisotopic (exact) mass is 499 g/mol. The number of alkyl carbamates (subject to hydrolysis) is 1. The Morgan fingerprint density at radius 2 is 1.50 bits per heavy atom. The quantitative estimate of drug-likeness (QED) is 0.247. The molecule has 0 unspecified atom stereocenters. The number of hydrogen-bond acceptors (Lipinski definition) is 3. The molecule has 3 N–H and O–H groups in total. The van der Waals surface area contributed by atoms with E-state index in [-0.39, 0.29) is 5.92 Å². The van der Waals surface area contributed by atoms with Crippen LogP contribution in [0.25, 0.3) is 10.9 Å². The fourth-order valence-electron chi connectivity index (χ4n) is 4.30. The summed E-state index contributed by atoms with van der Waals surface area (Å²) in [6, 6.07) is 28.4. The smallest absolute Gasteiger partial charge is 0.408 e. The number of thiocarbonyl (C=S) groups is 1. The number of aromatic nitrogens is 1. The van der Waals surface area contributed by atoms with Gasteiger partial charge in [-0.1, -0.05) is 91.1 Å². The van der Waals surface area contributed by atoms with Gasteiger partial charge in [0.1, 0.15) is 5.60 Å². The first-order chi connectivity index (χ1) is 17.3. The zero-order valence-electron chi connectivity index (χ0n) is 21.0. The summed E-state index contributed by atoms with van der Waals surface area (Å²) in [4.78, 5) is 16.6. The Kier molecular flexibility index (Phi) is 8.06. The van der Waals surface area contributed by atoms with E-state index >= 15 is 0 Å². The van der Waals surface area contributed by atoms with Crippen molar-refractivity contribution >= 4 is 34.2 Å². The molecule has 0 spiro atoms. The average molecular weight is 500 g/mol. The summed E-state index contributed by atoms with van der Waals surface area (Å²) >= 11 is 5.86. The van der Waals surface area contributed by atoms with Crippen molar-refractivity contribution in [1.29, 1.82) is 0 Å². The maximum Gasteiger partial charge on any atom is 0.408 e. The van der Waals surface area contributed by atoms with Crippen LogP contribution in [0.4, 0.5) is 4.79 Å². The Morgan fingerprint density at radius 3 is 2.11 bits per heavy atom. The van der Waals surface area contributed by atoms with E-state index in [1.165, 1.54) is 11.1 Å². The second-order valence-electron chi connectivity index (χ2n) is 9.88. The molecule has 0 bridgehead atoms. The Bertz CT molecular complexity index is 1260. The SMILES string of the molecule is CC(C)(C)OC(=O)N[C@H](Cc1c[nH]c2ccccc12)C(=S)NCC(c1ccccc1)c1ccccc1. The van der Waals surface area contributed by atoms with Gasteiger partial charge in [0.15, 0.2) is 0 Å². The molecule has 36 heavy (non-hydrogen) atoms. The molecule has 1 heterocycles. The van der Waals surface area contributed by atoms with Crippen LogP contribution in [-0.4, -0.2) is 34.3 Å². The minimum atomic E-state index is -0.601. The molecule has 0 saturated heterocycles. The number of amides is 1. The van der Waals surface area contributed by atoms with Gasteiger partial charge in [-0.05, 0) is 43.5 Å². The number of hydrogen-bond donors (Lipinski definition) is 3. The molecule has 3 aromatic carbocycles. The zero-order valence-corrected chi connectivity index (χ0v) is 21.8. The molecule has 1 amide bonds. The van der Waals surface area contributed by atoms with E-state index < -0.39 is 17.7 Å². The van der Waals surface area contributed by atoms with E-state index in [9.17, 15) is 4.79 Å². The normalized spacial score (nSPS) is 12.3. The molecular weight excluding hydrogens is 466 g/mol. The third-order valence-corrected chi connectivity index (χ3v) is 6.42. The van der Waals surface area contributed by atoms with Gasteiger partial charge < -0.3 is 20.4 Å². The Hall–Kier alpha value is -3.64. The number of rotatable bonds is 8. The van der Waals surface area contributed by atoms with Crippen molar-refractivity contribution in [2.75, 3.05) is 6.54 Å². The van der Waals surface area contributed by atoms with Gasteiger partial charge in [-0.2, -0.15) is 0 Å². The van der Waals surface area contributed by atoms with Crippen LogP contribution in [0, 0.1) is 0 Å². The first kappa shape index (κ1) is 25.5. The lowest BCUT2D eigenvalue weighted by atomic mass is 9.91. The molecular formula is C30H33N3O2S. The molecule has 6 heteroatoms. The topological polar surface area (TPSA) is 66.1 Å². The van der Waals surface area contributed by atoms with Crippen LogP contribution in [-0.2, 0) is 11.2 Å². The Morgan fingerprint density at radius 1 is 0.917 bits per heavy atom. The standard InChI is InChI=1S/C30H33N3O2S/c1-30(2,3)35-29(34)33-27(18-23-19-31-26-17-11-10-16-24(23)26)28(36)32-20-25(21-12-6-4-7-13-21)22-14-8-5-9-15-22/h4-17,19,25,27,31H,18,20H2,1-3H3,(H,32,36)(H,33,34)/t27-/m1/s1. The van der Waals surface area contributed by atoms with Crippen molar-refractivity contribution in [2.45, 2.75) is 44.8 Å². The maximum absolute atomic E-state index is 12.7. The summed E-state index contributed by atoms with van der Waals surface area (Å²) < 4.78 is 5.54. The predicted octanol–water partition coefficient (Wildman–Crippen LogP) is 6.35. The summed E-state index contributed by atoms with van der Waals surface area (Å²) in [7, 11) is 0. The third kappa shape index (κ3) is 6.73. The van der Waals surface area contributed by atoms with Crippen molar-refractivity contribution in [3.8, 4) is 0 Å². The summed E-state index contributed by atoms with van der Waals surface area (Å²) in [6.07, 6.45) is 2.03. The van der Waals surface area contributed by atoms with E-state index in [0.29, 0.717) is 18.0 Å². The lowest BCUT2D eigenvalue weighted by Crippen LogP contribution is -2.49. The van der Waals surface area contributed by atoms with Crippen molar-refractivity contribution in [3.63, 3.8) is 0 Å². The number of aromatic amines is 1. The van der Waals surface area contributed by atoms with Crippen LogP contribution in [0.1, 0.15) is 43.4 Å². The highest BCUT2D eigenvalue weighted by atomic mass is 32.1. The van der Waals surface area contributed by atoms with Gasteiger partial charge in [0.05, 0.1) is 11.0 Å². The van der Waals surface area contributed by atoms with Crippen molar-refractivity contribution in [2.24, 2.45) is 0 Å². The van der Waals surface area contributed by atoms with E-state index in [2.05, 4.69) is 45.9 Å². The molecule has 5 nitrogen and oxygen atoms in total. The molecule has 0 saturated carbocycles. The number of ether oxygens (including phenoxy) is 1. The number of carbonyl (C=O) groups excluding carboxylic acids is 1. The number of benzene rings is 3. The average Bonchev–Trinajstić information content (AvgIpc) is 3.27. The van der Waals surface area contributed by atoms with E-state index in [4.69, 9.17) is 17.0 Å². The maximum atomic E-state index is 12.7. The van der Waals surface area contributed by atoms with Gasteiger partial charge in [0.2, 0.25) is 0 Å². The van der Waals surface area contributed by atoms with Crippen molar-refractivity contribution < 1.29 is 9.53 Å². The summed E-state index contributed by atoms with van der Waals surface area (Å²) in [6.45, 7) is 6.15. The molecule has 0 aliphatic rings. The van der Waals surface area contributed by atoms with Crippen LogP contribution >= 0.6 is 12.2 Å². The number of H-pyrrole nitrogens is 1. The van der Waals surface area contributed by atoms with Gasteiger partial charge in [-0.15, -0.1) is 0 Å². The Labute approximate surface area is 218 Å². The number of carbonyl (C=O) groups is 1. The number of fused-ring (bicyclic) bond motifs is 1. The highest BCUT2D eigenvalue weighted by molar-refractivity contribution is 7.80. The number of para-hydroxylation sites is 1. The molecule has 1 aromatic heterocycles. The number of nitrogens with one attached hydrogen (secondary N) is 3. The zero-order chi connectivity index (χ0) is 25.5. The fraction of sp³-hybridized carbons (Fsp3) is 0.267.